The van der Waals surface area contributed by atoms with E-state index in [1.165, 1.54) is 0 Å². The minimum absolute atomic E-state index is 0.00490. The second-order valence-corrected chi connectivity index (χ2v) is 4.78. The minimum Gasteiger partial charge on any atom is -0.465 e. The molecule has 0 aliphatic carbocycles. The second kappa shape index (κ2) is 5.73. The molecule has 0 aliphatic heterocycles. The Labute approximate surface area is 112 Å². The Morgan fingerprint density at radius 3 is 2.79 bits per heavy atom. The summed E-state index contributed by atoms with van der Waals surface area (Å²) in [6.07, 6.45) is 2.30. The van der Waals surface area contributed by atoms with Crippen molar-refractivity contribution in [1.29, 1.82) is 0 Å². The minimum atomic E-state index is -0.00490. The van der Waals surface area contributed by atoms with Gasteiger partial charge in [0, 0.05) is 12.6 Å². The van der Waals surface area contributed by atoms with Gasteiger partial charge < -0.3 is 9.73 Å². The highest BCUT2D eigenvalue weighted by atomic mass is 16.3. The van der Waals surface area contributed by atoms with Crippen LogP contribution in [0.5, 0.6) is 0 Å². The molecule has 2 aromatic heterocycles. The summed E-state index contributed by atoms with van der Waals surface area (Å²) in [4.78, 5) is 11.8. The summed E-state index contributed by atoms with van der Waals surface area (Å²) in [5.74, 6) is 1.62. The van der Waals surface area contributed by atoms with Gasteiger partial charge in [0.25, 0.3) is 0 Å². The third-order valence-electron chi connectivity index (χ3n) is 2.93. The Morgan fingerprint density at radius 1 is 1.42 bits per heavy atom. The molecule has 1 N–H and O–H groups in total. The van der Waals surface area contributed by atoms with Crippen LogP contribution in [0.4, 0.5) is 0 Å². The number of nitrogens with one attached hydrogen (secondary N) is 1. The van der Waals surface area contributed by atoms with E-state index in [-0.39, 0.29) is 11.9 Å². The molecule has 2 heterocycles. The van der Waals surface area contributed by atoms with Crippen molar-refractivity contribution in [2.75, 3.05) is 0 Å². The Morgan fingerprint density at radius 2 is 2.21 bits per heavy atom. The van der Waals surface area contributed by atoms with Crippen LogP contribution in [0.2, 0.25) is 0 Å². The molecule has 0 aliphatic rings. The smallest absolute Gasteiger partial charge is 0.222 e. The number of aromatic nitrogens is 2. The van der Waals surface area contributed by atoms with Gasteiger partial charge in [-0.25, -0.2) is 0 Å². The van der Waals surface area contributed by atoms with Crippen molar-refractivity contribution in [2.45, 2.75) is 39.8 Å². The molecule has 1 atom stereocenters. The number of hydrogen-bond acceptors (Lipinski definition) is 3. The molecule has 0 spiro atoms. The van der Waals surface area contributed by atoms with E-state index in [4.69, 9.17) is 4.42 Å². The first kappa shape index (κ1) is 13.4. The van der Waals surface area contributed by atoms with Crippen LogP contribution in [0.15, 0.2) is 28.8 Å². The summed E-state index contributed by atoms with van der Waals surface area (Å²) >= 11 is 0. The lowest BCUT2D eigenvalue weighted by Crippen LogP contribution is -2.25. The number of aryl methyl sites for hydroxylation is 2. The van der Waals surface area contributed by atoms with Gasteiger partial charge in [-0.1, -0.05) is 0 Å². The molecule has 0 unspecified atom stereocenters. The van der Waals surface area contributed by atoms with Crippen LogP contribution in [-0.4, -0.2) is 15.7 Å². The average Bonchev–Trinajstić information content (AvgIpc) is 2.95. The number of amides is 1. The van der Waals surface area contributed by atoms with Gasteiger partial charge in [-0.2, -0.15) is 5.10 Å². The summed E-state index contributed by atoms with van der Waals surface area (Å²) < 4.78 is 7.21. The van der Waals surface area contributed by atoms with Crippen molar-refractivity contribution in [3.63, 3.8) is 0 Å². The summed E-state index contributed by atoms with van der Waals surface area (Å²) in [5.41, 5.74) is 0.957. The van der Waals surface area contributed by atoms with E-state index in [9.17, 15) is 4.79 Å². The molecule has 2 aromatic rings. The lowest BCUT2D eigenvalue weighted by Gasteiger charge is -2.11. The van der Waals surface area contributed by atoms with Gasteiger partial charge in [-0.05, 0) is 39.0 Å². The quantitative estimate of drug-likeness (QED) is 0.898. The predicted octanol–water partition coefficient (Wildman–Crippen LogP) is 2.36. The third kappa shape index (κ3) is 3.71. The van der Waals surface area contributed by atoms with E-state index in [0.29, 0.717) is 13.0 Å². The predicted molar refractivity (Wildman–Crippen MR) is 71.6 cm³/mol. The first-order valence-corrected chi connectivity index (χ1v) is 6.38. The maximum absolute atomic E-state index is 11.8. The van der Waals surface area contributed by atoms with E-state index < -0.39 is 0 Å². The zero-order valence-electron chi connectivity index (χ0n) is 11.5. The van der Waals surface area contributed by atoms with Gasteiger partial charge >= 0.3 is 0 Å². The van der Waals surface area contributed by atoms with Gasteiger partial charge in [0.2, 0.25) is 5.91 Å². The number of nitrogens with zero attached hydrogens (tertiary/aromatic N) is 2. The largest absolute Gasteiger partial charge is 0.465 e. The molecular formula is C14H19N3O2. The van der Waals surface area contributed by atoms with Crippen molar-refractivity contribution >= 4 is 5.91 Å². The summed E-state index contributed by atoms with van der Waals surface area (Å²) in [6.45, 7) is 6.22. The summed E-state index contributed by atoms with van der Waals surface area (Å²) in [7, 11) is 0. The van der Waals surface area contributed by atoms with Crippen LogP contribution < -0.4 is 5.32 Å². The molecule has 0 fully saturated rings. The number of carbonyl (C=O) groups excluding carboxylic acids is 1. The molecule has 0 radical (unpaired) electrons. The molecule has 19 heavy (non-hydrogen) atoms. The van der Waals surface area contributed by atoms with E-state index in [1.807, 2.05) is 49.8 Å². The average molecular weight is 261 g/mol. The molecular weight excluding hydrogens is 242 g/mol. The van der Waals surface area contributed by atoms with Gasteiger partial charge in [-0.3, -0.25) is 9.48 Å². The molecule has 0 saturated heterocycles. The van der Waals surface area contributed by atoms with Crippen LogP contribution in [0, 0.1) is 13.8 Å². The first-order valence-electron chi connectivity index (χ1n) is 6.38. The maximum Gasteiger partial charge on any atom is 0.222 e. The Hall–Kier alpha value is -2.04. The number of carbonyl (C=O) groups is 1. The van der Waals surface area contributed by atoms with Gasteiger partial charge in [0.15, 0.2) is 0 Å². The molecule has 1 amide bonds. The topological polar surface area (TPSA) is 60.1 Å². The summed E-state index contributed by atoms with van der Waals surface area (Å²) in [6, 6.07) is 5.74. The highest BCUT2D eigenvalue weighted by Crippen LogP contribution is 2.10. The van der Waals surface area contributed by atoms with E-state index >= 15 is 0 Å². The van der Waals surface area contributed by atoms with Gasteiger partial charge in [0.1, 0.15) is 11.5 Å². The highest BCUT2D eigenvalue weighted by Gasteiger charge is 2.11. The van der Waals surface area contributed by atoms with Crippen LogP contribution >= 0.6 is 0 Å². The lowest BCUT2D eigenvalue weighted by atomic mass is 10.2. The second-order valence-electron chi connectivity index (χ2n) is 4.78. The van der Waals surface area contributed by atoms with E-state index in [2.05, 4.69) is 10.4 Å². The fraction of sp³-hybridized carbons (Fsp3) is 0.429. The number of hydrogen-bond donors (Lipinski definition) is 1. The maximum atomic E-state index is 11.8. The van der Waals surface area contributed by atoms with Crippen LogP contribution in [0.1, 0.15) is 36.6 Å². The first-order chi connectivity index (χ1) is 9.04. The number of furan rings is 1. The number of rotatable bonds is 5. The van der Waals surface area contributed by atoms with Crippen LogP contribution in [0.3, 0.4) is 0 Å². The third-order valence-corrected chi connectivity index (χ3v) is 2.93. The zero-order chi connectivity index (χ0) is 13.8. The molecule has 102 valence electrons. The normalized spacial score (nSPS) is 12.4. The van der Waals surface area contributed by atoms with Gasteiger partial charge in [0.05, 0.1) is 18.3 Å². The monoisotopic (exact) mass is 261 g/mol. The fourth-order valence-electron chi connectivity index (χ4n) is 1.88. The van der Waals surface area contributed by atoms with Crippen molar-refractivity contribution < 1.29 is 9.21 Å². The fourth-order valence-corrected chi connectivity index (χ4v) is 1.88. The van der Waals surface area contributed by atoms with Crippen LogP contribution in [-0.2, 0) is 11.3 Å². The van der Waals surface area contributed by atoms with E-state index in [0.717, 1.165) is 17.2 Å². The Bertz CT molecular complexity index is 557. The van der Waals surface area contributed by atoms with Crippen LogP contribution in [0.25, 0.3) is 0 Å². The lowest BCUT2D eigenvalue weighted by molar-refractivity contribution is -0.122. The molecule has 0 saturated carbocycles. The van der Waals surface area contributed by atoms with Gasteiger partial charge in [-0.15, -0.1) is 0 Å². The molecule has 0 aromatic carbocycles. The van der Waals surface area contributed by atoms with Crippen molar-refractivity contribution in [2.24, 2.45) is 0 Å². The standard InChI is InChI=1S/C14H19N3O2/c1-10-6-7-17(16-10)11(2)8-14(18)15-9-13-5-4-12(3)19-13/h4-7,11H,8-9H2,1-3H3,(H,15,18)/t11-/m1/s1. The molecule has 0 bridgehead atoms. The molecule has 5 heteroatoms. The zero-order valence-corrected chi connectivity index (χ0v) is 11.5. The molecule has 2 rings (SSSR count). The van der Waals surface area contributed by atoms with Crippen molar-refractivity contribution in [1.82, 2.24) is 15.1 Å². The Kier molecular flexibility index (Phi) is 4.04. The summed E-state index contributed by atoms with van der Waals surface area (Å²) in [5, 5.41) is 7.15. The van der Waals surface area contributed by atoms with Crippen molar-refractivity contribution in [3.05, 3.63) is 41.6 Å². The SMILES string of the molecule is Cc1ccn([C@H](C)CC(=O)NCc2ccc(C)o2)n1. The Balaban J connectivity index is 1.81. The highest BCUT2D eigenvalue weighted by molar-refractivity contribution is 5.76. The van der Waals surface area contributed by atoms with E-state index in [1.54, 1.807) is 0 Å². The van der Waals surface area contributed by atoms with Crippen molar-refractivity contribution in [3.8, 4) is 0 Å². The molecule has 5 nitrogen and oxygen atoms in total.